The van der Waals surface area contributed by atoms with Gasteiger partial charge in [0, 0.05) is 43.2 Å². The maximum atomic E-state index is 14.3. The number of ether oxygens (including phenoxy) is 2. The highest BCUT2D eigenvalue weighted by molar-refractivity contribution is 5.98. The molecule has 2 heterocycles. The number of carbonyl (C=O) groups excluding carboxylic acids is 4. The zero-order chi connectivity index (χ0) is 41.3. The molecule has 4 bridgehead atoms. The summed E-state index contributed by atoms with van der Waals surface area (Å²) in [6.45, 7) is 3.87. The topological polar surface area (TPSA) is 237 Å². The summed E-state index contributed by atoms with van der Waals surface area (Å²) in [6, 6.07) is 22.2. The van der Waals surface area contributed by atoms with Crippen LogP contribution >= 0.6 is 0 Å². The zero-order valence-corrected chi connectivity index (χ0v) is 32.4. The number of hydrogen-bond donors (Lipinski definition) is 6. The molecule has 5 aromatic rings. The Bertz CT molecular complexity index is 2320. The van der Waals surface area contributed by atoms with Crippen molar-refractivity contribution in [1.29, 1.82) is 0 Å². The Kier molecular flexibility index (Phi) is 13.0. The molecule has 1 aromatic heterocycles. The van der Waals surface area contributed by atoms with Crippen LogP contribution in [0.1, 0.15) is 51.9 Å². The lowest BCUT2D eigenvalue weighted by molar-refractivity contribution is -0.139. The van der Waals surface area contributed by atoms with E-state index in [2.05, 4.69) is 26.1 Å². The molecular weight excluding hydrogens is 745 g/mol. The van der Waals surface area contributed by atoms with Crippen LogP contribution in [0.3, 0.4) is 0 Å². The van der Waals surface area contributed by atoms with Gasteiger partial charge >= 0.3 is 5.76 Å². The molecule has 0 spiro atoms. The van der Waals surface area contributed by atoms with Crippen molar-refractivity contribution in [3.63, 3.8) is 0 Å². The minimum Gasteiger partial charge on any atom is -0.492 e. The number of H-pyrrole nitrogens is 1. The number of rotatable bonds is 12. The number of likely N-dealkylation sites (N-methyl/N-ethyl adjacent to an activating group) is 1. The van der Waals surface area contributed by atoms with Crippen LogP contribution < -0.4 is 42.6 Å². The average Bonchev–Trinajstić information content (AvgIpc) is 3.67. The van der Waals surface area contributed by atoms with Gasteiger partial charge in [-0.05, 0) is 72.5 Å². The van der Waals surface area contributed by atoms with Crippen molar-refractivity contribution in [3.05, 3.63) is 124 Å². The standard InChI is InChI=1S/C42H46N8O8/c1-24-4-7-27(8-5-24)28-9-11-29(12-10-28)40(53)45-23-36(51)50(3)37-30-13-15-35(57-19-17-44)32(22-30)31-20-26(6-14-34(31)56-18-16-43)21-33(38-48-42(55)58-49-38)47-39(52)25(2)46-41(37)54/h4-15,20,22,25,33,37H,16-19,21,23,43-44H2,1-3H3,(H,45,53)(H,46,54)(H,47,52)(H,48,49,55)/t25-,33-,37-/m0/s1. The number of hydrogen-bond acceptors (Lipinski definition) is 11. The van der Waals surface area contributed by atoms with Crippen molar-refractivity contribution in [2.75, 3.05) is 39.9 Å². The largest absolute Gasteiger partial charge is 0.492 e. The van der Waals surface area contributed by atoms with Crippen LogP contribution in [0.4, 0.5) is 0 Å². The van der Waals surface area contributed by atoms with Crippen LogP contribution in [0.2, 0.25) is 0 Å². The summed E-state index contributed by atoms with van der Waals surface area (Å²) in [7, 11) is 1.44. The van der Waals surface area contributed by atoms with Crippen molar-refractivity contribution in [2.45, 2.75) is 38.4 Å². The van der Waals surface area contributed by atoms with Gasteiger partial charge in [0.1, 0.15) is 36.8 Å². The van der Waals surface area contributed by atoms with E-state index in [-0.39, 0.29) is 38.5 Å². The lowest BCUT2D eigenvalue weighted by Crippen LogP contribution is -2.51. The number of nitrogens with one attached hydrogen (secondary N) is 4. The second-order valence-electron chi connectivity index (χ2n) is 13.9. The molecule has 3 atom stereocenters. The Hall–Kier alpha value is -6.78. The van der Waals surface area contributed by atoms with Crippen LogP contribution in [-0.2, 0) is 20.8 Å². The third-order valence-electron chi connectivity index (χ3n) is 9.66. The number of amides is 4. The van der Waals surface area contributed by atoms with E-state index < -0.39 is 54.1 Å². The highest BCUT2D eigenvalue weighted by Gasteiger charge is 2.33. The Labute approximate surface area is 334 Å². The maximum absolute atomic E-state index is 14.3. The number of nitrogens with zero attached hydrogens (tertiary/aromatic N) is 2. The van der Waals surface area contributed by atoms with E-state index in [1.807, 2.05) is 49.4 Å². The number of nitrogens with two attached hydrogens (primary N) is 2. The summed E-state index contributed by atoms with van der Waals surface area (Å²) in [6.07, 6.45) is 0.153. The Morgan fingerprint density at radius 2 is 1.47 bits per heavy atom. The van der Waals surface area contributed by atoms with Crippen LogP contribution in [-0.4, -0.2) is 84.6 Å². The van der Waals surface area contributed by atoms with E-state index in [4.69, 9.17) is 25.5 Å². The second-order valence-corrected chi connectivity index (χ2v) is 13.9. The summed E-state index contributed by atoms with van der Waals surface area (Å²) in [5.41, 5.74) is 17.2. The Balaban J connectivity index is 1.35. The highest BCUT2D eigenvalue weighted by Crippen LogP contribution is 2.40. The van der Waals surface area contributed by atoms with Gasteiger partial charge in [0.15, 0.2) is 5.82 Å². The van der Waals surface area contributed by atoms with Gasteiger partial charge in [-0.25, -0.2) is 4.79 Å². The Morgan fingerprint density at radius 1 is 0.845 bits per heavy atom. The van der Waals surface area contributed by atoms with E-state index >= 15 is 0 Å². The lowest BCUT2D eigenvalue weighted by atomic mass is 9.93. The summed E-state index contributed by atoms with van der Waals surface area (Å²) in [4.78, 5) is 70.6. The maximum Gasteiger partial charge on any atom is 0.438 e. The predicted octanol–water partition coefficient (Wildman–Crippen LogP) is 2.53. The Morgan fingerprint density at radius 3 is 2.09 bits per heavy atom. The molecule has 4 aromatic carbocycles. The summed E-state index contributed by atoms with van der Waals surface area (Å²) in [5.74, 6) is -2.22. The first-order valence-corrected chi connectivity index (χ1v) is 18.8. The van der Waals surface area contributed by atoms with Crippen LogP contribution in [0.15, 0.2) is 94.2 Å². The van der Waals surface area contributed by atoms with Gasteiger partial charge in [-0.2, -0.15) is 0 Å². The molecule has 0 saturated carbocycles. The monoisotopic (exact) mass is 790 g/mol. The van der Waals surface area contributed by atoms with Gasteiger partial charge in [0.2, 0.25) is 17.7 Å². The summed E-state index contributed by atoms with van der Waals surface area (Å²) >= 11 is 0. The second kappa shape index (κ2) is 18.4. The number of fused-ring (bicyclic) bond motifs is 5. The van der Waals surface area contributed by atoms with E-state index in [0.29, 0.717) is 39.3 Å². The molecular formula is C42H46N8O8. The molecule has 16 nitrogen and oxygen atoms in total. The fourth-order valence-corrected chi connectivity index (χ4v) is 6.57. The van der Waals surface area contributed by atoms with E-state index in [1.165, 1.54) is 18.9 Å². The molecule has 16 heteroatoms. The van der Waals surface area contributed by atoms with Gasteiger partial charge in [-0.15, -0.1) is 0 Å². The van der Waals surface area contributed by atoms with Crippen LogP contribution in [0, 0.1) is 6.92 Å². The molecule has 58 heavy (non-hydrogen) atoms. The van der Waals surface area contributed by atoms with Crippen molar-refractivity contribution in [3.8, 4) is 33.8 Å². The van der Waals surface area contributed by atoms with Crippen molar-refractivity contribution in [2.24, 2.45) is 11.5 Å². The summed E-state index contributed by atoms with van der Waals surface area (Å²) < 4.78 is 16.9. The third kappa shape index (κ3) is 9.59. The van der Waals surface area contributed by atoms with Crippen LogP contribution in [0.5, 0.6) is 11.5 Å². The van der Waals surface area contributed by atoms with Gasteiger partial charge in [-0.1, -0.05) is 59.3 Å². The predicted molar refractivity (Wildman–Crippen MR) is 215 cm³/mol. The first kappa shape index (κ1) is 40.9. The summed E-state index contributed by atoms with van der Waals surface area (Å²) in [5, 5.41) is 12.1. The molecule has 4 amide bonds. The SMILES string of the molecule is Cc1ccc(-c2ccc(C(=O)NCC(=O)N(C)[C@@H]3C(=O)N[C@@H](C)C(=O)N[C@H](c4noc(=O)[nH]4)Cc4ccc(OCCN)c(c4)-c4cc3ccc4OCCN)cc2)cc1. The number of aromatic amines is 1. The van der Waals surface area contributed by atoms with Crippen molar-refractivity contribution >= 4 is 23.6 Å². The molecule has 0 saturated heterocycles. The molecule has 0 radical (unpaired) electrons. The molecule has 0 fully saturated rings. The highest BCUT2D eigenvalue weighted by atomic mass is 16.5. The molecule has 0 aliphatic carbocycles. The van der Waals surface area contributed by atoms with Gasteiger partial charge < -0.3 is 41.8 Å². The number of carbonyl (C=O) groups is 4. The molecule has 8 N–H and O–H groups in total. The van der Waals surface area contributed by atoms with Crippen molar-refractivity contribution in [1.82, 2.24) is 31.0 Å². The van der Waals surface area contributed by atoms with Gasteiger partial charge in [-0.3, -0.25) is 28.7 Å². The number of aromatic nitrogens is 2. The lowest BCUT2D eigenvalue weighted by Gasteiger charge is -2.30. The molecule has 302 valence electrons. The minimum atomic E-state index is -1.29. The molecule has 6 rings (SSSR count). The fraction of sp³-hybridized carbons (Fsp3) is 0.286. The van der Waals surface area contributed by atoms with E-state index in [0.717, 1.165) is 16.7 Å². The van der Waals surface area contributed by atoms with Gasteiger partial charge in [0.25, 0.3) is 5.91 Å². The number of benzene rings is 4. The smallest absolute Gasteiger partial charge is 0.438 e. The van der Waals surface area contributed by atoms with E-state index in [9.17, 15) is 24.0 Å². The van der Waals surface area contributed by atoms with Gasteiger partial charge in [0.05, 0.1) is 12.6 Å². The van der Waals surface area contributed by atoms with Crippen LogP contribution in [0.25, 0.3) is 22.3 Å². The quantitative estimate of drug-likeness (QED) is 0.107. The normalized spacial score (nSPS) is 16.7. The molecule has 1 aliphatic heterocycles. The van der Waals surface area contributed by atoms with E-state index in [1.54, 1.807) is 42.5 Å². The van der Waals surface area contributed by atoms with Crippen molar-refractivity contribution < 1.29 is 33.2 Å². The zero-order valence-electron chi connectivity index (χ0n) is 32.4. The molecule has 1 aliphatic rings. The first-order chi connectivity index (χ1) is 27.9. The molecule has 0 unspecified atom stereocenters. The number of aryl methyl sites for hydroxylation is 1. The third-order valence-corrected chi connectivity index (χ3v) is 9.66. The fourth-order valence-electron chi connectivity index (χ4n) is 6.57. The first-order valence-electron chi connectivity index (χ1n) is 18.8. The minimum absolute atomic E-state index is 0.0652. The average molecular weight is 791 g/mol.